The molecule has 0 atom stereocenters. The molecule has 3 aromatic rings. The smallest absolute Gasteiger partial charge is 0.328 e. The molecule has 0 aliphatic rings. The van der Waals surface area contributed by atoms with Crippen LogP contribution in [-0.2, 0) is 17.8 Å². The van der Waals surface area contributed by atoms with Crippen LogP contribution < -0.4 is 0 Å². The van der Waals surface area contributed by atoms with Crippen LogP contribution in [0.15, 0.2) is 54.6 Å². The summed E-state index contributed by atoms with van der Waals surface area (Å²) in [4.78, 5) is 15.2. The molecule has 0 saturated heterocycles. The first-order valence-corrected chi connectivity index (χ1v) is 9.75. The number of imidazole rings is 1. The van der Waals surface area contributed by atoms with Gasteiger partial charge in [-0.15, -0.1) is 0 Å². The van der Waals surface area contributed by atoms with Crippen LogP contribution in [0.1, 0.15) is 35.1 Å². The van der Waals surface area contributed by atoms with Gasteiger partial charge in [0.05, 0.1) is 12.2 Å². The first-order valence-electron chi connectivity index (χ1n) is 8.99. The standard InChI is InChI=1S/C23H18Cl2N2O2/c1-2-21-26-23(25)20(12-13-22(28)29)27(21)15-18-11-10-17(14-19(18)24)9-8-16-6-4-3-5-7-16/h3-7,10-14H,2,15H2,1H3,(H,28,29). The molecule has 0 aliphatic heterocycles. The Kier molecular flexibility index (Phi) is 6.77. The Morgan fingerprint density at radius 3 is 2.52 bits per heavy atom. The van der Waals surface area contributed by atoms with Crippen LogP contribution in [0.3, 0.4) is 0 Å². The number of aliphatic carboxylic acids is 1. The minimum Gasteiger partial charge on any atom is -0.478 e. The fourth-order valence-electron chi connectivity index (χ4n) is 2.83. The van der Waals surface area contributed by atoms with E-state index in [-0.39, 0.29) is 5.15 Å². The molecule has 0 radical (unpaired) electrons. The Labute approximate surface area is 179 Å². The first-order chi connectivity index (χ1) is 14.0. The van der Waals surface area contributed by atoms with E-state index in [9.17, 15) is 4.79 Å². The van der Waals surface area contributed by atoms with Crippen LogP contribution in [0.25, 0.3) is 6.08 Å². The molecular weight excluding hydrogens is 407 g/mol. The highest BCUT2D eigenvalue weighted by Crippen LogP contribution is 2.24. The van der Waals surface area contributed by atoms with Gasteiger partial charge in [0, 0.05) is 28.6 Å². The summed E-state index contributed by atoms with van der Waals surface area (Å²) in [7, 11) is 0. The van der Waals surface area contributed by atoms with E-state index in [1.54, 1.807) is 0 Å². The molecule has 1 aromatic heterocycles. The van der Waals surface area contributed by atoms with Gasteiger partial charge in [0.1, 0.15) is 5.82 Å². The van der Waals surface area contributed by atoms with Crippen molar-refractivity contribution in [1.29, 1.82) is 0 Å². The summed E-state index contributed by atoms with van der Waals surface area (Å²) in [5, 5.41) is 9.76. The van der Waals surface area contributed by atoms with E-state index < -0.39 is 5.97 Å². The zero-order valence-corrected chi connectivity index (χ0v) is 17.2. The molecule has 29 heavy (non-hydrogen) atoms. The lowest BCUT2D eigenvalue weighted by atomic mass is 10.1. The Balaban J connectivity index is 1.90. The van der Waals surface area contributed by atoms with E-state index >= 15 is 0 Å². The molecule has 2 aromatic carbocycles. The number of aromatic nitrogens is 2. The Morgan fingerprint density at radius 1 is 1.14 bits per heavy atom. The molecular formula is C23H18Cl2N2O2. The fourth-order valence-corrected chi connectivity index (χ4v) is 3.33. The predicted octanol–water partition coefficient (Wildman–Crippen LogP) is 5.30. The van der Waals surface area contributed by atoms with Crippen molar-refractivity contribution in [3.63, 3.8) is 0 Å². The summed E-state index contributed by atoms with van der Waals surface area (Å²) in [6.07, 6.45) is 3.14. The largest absolute Gasteiger partial charge is 0.478 e. The van der Waals surface area contributed by atoms with Crippen molar-refractivity contribution in [2.75, 3.05) is 0 Å². The normalized spacial score (nSPS) is 10.7. The van der Waals surface area contributed by atoms with Crippen LogP contribution >= 0.6 is 23.2 Å². The second-order valence-electron chi connectivity index (χ2n) is 6.24. The van der Waals surface area contributed by atoms with Crippen molar-refractivity contribution in [1.82, 2.24) is 9.55 Å². The van der Waals surface area contributed by atoms with Crippen molar-refractivity contribution in [3.8, 4) is 11.8 Å². The maximum Gasteiger partial charge on any atom is 0.328 e. The third kappa shape index (κ3) is 5.29. The topological polar surface area (TPSA) is 55.1 Å². The molecule has 3 rings (SSSR count). The van der Waals surface area contributed by atoms with Gasteiger partial charge in [0.25, 0.3) is 0 Å². The minimum atomic E-state index is -1.05. The van der Waals surface area contributed by atoms with Crippen molar-refractivity contribution < 1.29 is 9.90 Å². The number of aryl methyl sites for hydroxylation is 1. The number of hydrogen-bond acceptors (Lipinski definition) is 2. The molecule has 0 unspecified atom stereocenters. The molecule has 0 fully saturated rings. The molecule has 0 spiro atoms. The average Bonchev–Trinajstić information content (AvgIpc) is 3.01. The van der Waals surface area contributed by atoms with Crippen LogP contribution in [0, 0.1) is 11.8 Å². The Bertz CT molecular complexity index is 1120. The van der Waals surface area contributed by atoms with Crippen molar-refractivity contribution >= 4 is 35.2 Å². The van der Waals surface area contributed by atoms with Crippen molar-refractivity contribution in [3.05, 3.63) is 93.0 Å². The van der Waals surface area contributed by atoms with E-state index in [1.807, 2.05) is 60.0 Å². The second-order valence-corrected chi connectivity index (χ2v) is 7.00. The van der Waals surface area contributed by atoms with Crippen LogP contribution in [0.5, 0.6) is 0 Å². The molecule has 0 amide bonds. The van der Waals surface area contributed by atoms with Crippen LogP contribution in [-0.4, -0.2) is 20.6 Å². The van der Waals surface area contributed by atoms with Crippen LogP contribution in [0.2, 0.25) is 10.2 Å². The summed E-state index contributed by atoms with van der Waals surface area (Å²) in [6, 6.07) is 15.4. The molecule has 1 N–H and O–H groups in total. The lowest BCUT2D eigenvalue weighted by Gasteiger charge is -2.11. The highest BCUT2D eigenvalue weighted by molar-refractivity contribution is 6.31. The predicted molar refractivity (Wildman–Crippen MR) is 116 cm³/mol. The van der Waals surface area contributed by atoms with E-state index in [4.69, 9.17) is 28.3 Å². The van der Waals surface area contributed by atoms with Gasteiger partial charge in [-0.3, -0.25) is 0 Å². The minimum absolute atomic E-state index is 0.265. The summed E-state index contributed by atoms with van der Waals surface area (Å²) < 4.78 is 1.87. The molecule has 0 aliphatic carbocycles. The van der Waals surface area contributed by atoms with Crippen molar-refractivity contribution in [2.24, 2.45) is 0 Å². The highest BCUT2D eigenvalue weighted by atomic mass is 35.5. The number of carboxylic acids is 1. The van der Waals surface area contributed by atoms with Gasteiger partial charge in [0.15, 0.2) is 5.15 Å². The number of benzene rings is 2. The van der Waals surface area contributed by atoms with Gasteiger partial charge >= 0.3 is 5.97 Å². The monoisotopic (exact) mass is 424 g/mol. The summed E-state index contributed by atoms with van der Waals surface area (Å²) in [5.74, 6) is 5.93. The molecule has 4 nitrogen and oxygen atoms in total. The van der Waals surface area contributed by atoms with Gasteiger partial charge in [-0.25, -0.2) is 9.78 Å². The summed E-state index contributed by atoms with van der Waals surface area (Å²) >= 11 is 12.7. The molecule has 6 heteroatoms. The Hall–Kier alpha value is -3.00. The summed E-state index contributed by atoms with van der Waals surface area (Å²) in [6.45, 7) is 2.39. The number of nitrogens with zero attached hydrogens (tertiary/aromatic N) is 2. The molecule has 0 saturated carbocycles. The molecule has 0 bridgehead atoms. The third-order valence-corrected chi connectivity index (χ3v) is 4.88. The SMILES string of the molecule is CCc1nc(Cl)c(C=CC(=O)O)n1Cc1ccc(C#Cc2ccccc2)cc1Cl. The quantitative estimate of drug-likeness (QED) is 0.446. The first kappa shape index (κ1) is 20.7. The maximum atomic E-state index is 10.9. The van der Waals surface area contributed by atoms with E-state index in [2.05, 4.69) is 16.8 Å². The molecule has 146 valence electrons. The lowest BCUT2D eigenvalue weighted by molar-refractivity contribution is -0.131. The maximum absolute atomic E-state index is 10.9. The number of carbonyl (C=O) groups is 1. The van der Waals surface area contributed by atoms with Gasteiger partial charge in [-0.2, -0.15) is 0 Å². The fraction of sp³-hybridized carbons (Fsp3) is 0.130. The summed E-state index contributed by atoms with van der Waals surface area (Å²) in [5.41, 5.74) is 3.15. The van der Waals surface area contributed by atoms with E-state index in [0.717, 1.165) is 28.6 Å². The third-order valence-electron chi connectivity index (χ3n) is 4.25. The van der Waals surface area contributed by atoms with Gasteiger partial charge in [0.2, 0.25) is 0 Å². The number of carboxylic acid groups (broad SMARTS) is 1. The lowest BCUT2D eigenvalue weighted by Crippen LogP contribution is -2.07. The zero-order valence-electron chi connectivity index (χ0n) is 15.7. The van der Waals surface area contributed by atoms with E-state index in [1.165, 1.54) is 6.08 Å². The Morgan fingerprint density at radius 2 is 1.86 bits per heavy atom. The second kappa shape index (κ2) is 9.47. The molecule has 1 heterocycles. The highest BCUT2D eigenvalue weighted by Gasteiger charge is 2.14. The average molecular weight is 425 g/mol. The van der Waals surface area contributed by atoms with Crippen LogP contribution in [0.4, 0.5) is 0 Å². The number of hydrogen-bond donors (Lipinski definition) is 1. The zero-order chi connectivity index (χ0) is 20.8. The van der Waals surface area contributed by atoms with Gasteiger partial charge in [-0.1, -0.05) is 66.2 Å². The number of halogens is 2. The van der Waals surface area contributed by atoms with Gasteiger partial charge in [-0.05, 0) is 35.9 Å². The number of rotatable bonds is 5. The van der Waals surface area contributed by atoms with Crippen molar-refractivity contribution in [2.45, 2.75) is 19.9 Å². The van der Waals surface area contributed by atoms with Gasteiger partial charge < -0.3 is 9.67 Å². The van der Waals surface area contributed by atoms with E-state index in [0.29, 0.717) is 23.7 Å².